The van der Waals surface area contributed by atoms with Crippen LogP contribution in [0.1, 0.15) is 21.6 Å². The molecule has 1 saturated heterocycles. The van der Waals surface area contributed by atoms with Crippen LogP contribution in [0.15, 0.2) is 59.1 Å². The molecule has 8 nitrogen and oxygen atoms in total. The highest BCUT2D eigenvalue weighted by Gasteiger charge is 2.25. The van der Waals surface area contributed by atoms with Crippen LogP contribution in [-0.4, -0.2) is 59.7 Å². The fourth-order valence-corrected chi connectivity index (χ4v) is 4.29. The van der Waals surface area contributed by atoms with Crippen molar-refractivity contribution in [3.05, 3.63) is 77.2 Å². The maximum absolute atomic E-state index is 13.2. The van der Waals surface area contributed by atoms with Crippen molar-refractivity contribution in [2.45, 2.75) is 13.8 Å². The first-order valence-electron chi connectivity index (χ1n) is 11.7. The Morgan fingerprint density at radius 1 is 1.00 bits per heavy atom. The quantitative estimate of drug-likeness (QED) is 0.390. The summed E-state index contributed by atoms with van der Waals surface area (Å²) in [5.74, 6) is -1.19. The summed E-state index contributed by atoms with van der Waals surface area (Å²) in [6, 6.07) is 15.7. The van der Waals surface area contributed by atoms with E-state index in [4.69, 9.17) is 9.26 Å². The number of benzene rings is 2. The number of fused-ring (bicyclic) bond motifs is 1. The van der Waals surface area contributed by atoms with Crippen molar-refractivity contribution in [1.82, 2.24) is 15.0 Å². The maximum Gasteiger partial charge on any atom is 0.339 e. The molecule has 1 fully saturated rings. The van der Waals surface area contributed by atoms with E-state index in [1.54, 1.807) is 30.0 Å². The molecule has 0 radical (unpaired) electrons. The van der Waals surface area contributed by atoms with Crippen LogP contribution in [-0.2, 0) is 9.53 Å². The molecule has 2 aromatic carbocycles. The molecule has 0 N–H and O–H groups in total. The molecule has 5 rings (SSSR count). The SMILES string of the molecule is Cc1ccc(-c2cc(C(=O)OCC(=O)N3CCN(c4ccc(F)cc4)CC3)c3c(C)noc3n2)cc1. The first-order chi connectivity index (χ1) is 17.4. The molecule has 0 unspecified atom stereocenters. The molecule has 0 bridgehead atoms. The van der Waals surface area contributed by atoms with Crippen LogP contribution in [0.4, 0.5) is 10.1 Å². The van der Waals surface area contributed by atoms with Gasteiger partial charge in [0.05, 0.1) is 22.3 Å². The van der Waals surface area contributed by atoms with Crippen LogP contribution in [0.5, 0.6) is 0 Å². The molecule has 4 aromatic rings. The lowest BCUT2D eigenvalue weighted by atomic mass is 10.0. The number of anilines is 1. The van der Waals surface area contributed by atoms with Crippen LogP contribution in [0.2, 0.25) is 0 Å². The Labute approximate surface area is 207 Å². The van der Waals surface area contributed by atoms with Gasteiger partial charge < -0.3 is 19.1 Å². The lowest BCUT2D eigenvalue weighted by molar-refractivity contribution is -0.134. The number of halogens is 1. The highest BCUT2D eigenvalue weighted by molar-refractivity contribution is 6.04. The van der Waals surface area contributed by atoms with E-state index < -0.39 is 5.97 Å². The van der Waals surface area contributed by atoms with Crippen LogP contribution in [0.25, 0.3) is 22.4 Å². The Balaban J connectivity index is 1.26. The van der Waals surface area contributed by atoms with Gasteiger partial charge in [0, 0.05) is 37.4 Å². The van der Waals surface area contributed by atoms with E-state index in [2.05, 4.69) is 15.0 Å². The van der Waals surface area contributed by atoms with Crippen molar-refractivity contribution in [1.29, 1.82) is 0 Å². The van der Waals surface area contributed by atoms with Gasteiger partial charge >= 0.3 is 5.97 Å². The fraction of sp³-hybridized carbons (Fsp3) is 0.259. The number of rotatable bonds is 5. The molecule has 0 aliphatic carbocycles. The van der Waals surface area contributed by atoms with E-state index >= 15 is 0 Å². The summed E-state index contributed by atoms with van der Waals surface area (Å²) >= 11 is 0. The molecule has 2 aromatic heterocycles. The van der Waals surface area contributed by atoms with E-state index in [0.717, 1.165) is 16.8 Å². The molecular formula is C27H25FN4O4. The molecular weight excluding hydrogens is 463 g/mol. The zero-order valence-corrected chi connectivity index (χ0v) is 20.0. The van der Waals surface area contributed by atoms with Gasteiger partial charge in [-0.1, -0.05) is 35.0 Å². The van der Waals surface area contributed by atoms with Crippen LogP contribution in [0.3, 0.4) is 0 Å². The van der Waals surface area contributed by atoms with Gasteiger partial charge in [0.25, 0.3) is 11.6 Å². The Hall–Kier alpha value is -4.27. The largest absolute Gasteiger partial charge is 0.452 e. The molecule has 9 heteroatoms. The second kappa shape index (κ2) is 9.77. The fourth-order valence-electron chi connectivity index (χ4n) is 4.29. The lowest BCUT2D eigenvalue weighted by Crippen LogP contribution is -2.49. The Kier molecular flexibility index (Phi) is 6.37. The monoisotopic (exact) mass is 488 g/mol. The molecule has 0 saturated carbocycles. The van der Waals surface area contributed by atoms with Gasteiger partial charge in [-0.2, -0.15) is 0 Å². The number of pyridine rings is 1. The third-order valence-electron chi connectivity index (χ3n) is 6.34. The van der Waals surface area contributed by atoms with E-state index in [9.17, 15) is 14.0 Å². The van der Waals surface area contributed by atoms with Gasteiger partial charge in [-0.25, -0.2) is 14.2 Å². The average Bonchev–Trinajstić information content (AvgIpc) is 3.28. The minimum absolute atomic E-state index is 0.237. The van der Waals surface area contributed by atoms with Crippen molar-refractivity contribution in [2.75, 3.05) is 37.7 Å². The highest BCUT2D eigenvalue weighted by atomic mass is 19.1. The summed E-state index contributed by atoms with van der Waals surface area (Å²) in [5.41, 5.74) is 4.39. The highest BCUT2D eigenvalue weighted by Crippen LogP contribution is 2.28. The van der Waals surface area contributed by atoms with Crippen molar-refractivity contribution in [2.24, 2.45) is 0 Å². The number of esters is 1. The summed E-state index contributed by atoms with van der Waals surface area (Å²) in [7, 11) is 0. The van der Waals surface area contributed by atoms with Crippen LogP contribution in [0, 0.1) is 19.7 Å². The second-order valence-corrected chi connectivity index (χ2v) is 8.79. The predicted molar refractivity (Wildman–Crippen MR) is 132 cm³/mol. The number of aryl methyl sites for hydroxylation is 2. The first-order valence-corrected chi connectivity index (χ1v) is 11.7. The molecule has 184 valence electrons. The third kappa shape index (κ3) is 4.77. The number of piperazine rings is 1. The number of nitrogens with zero attached hydrogens (tertiary/aromatic N) is 4. The predicted octanol–water partition coefficient (Wildman–Crippen LogP) is 4.15. The number of hydrogen-bond acceptors (Lipinski definition) is 7. The van der Waals surface area contributed by atoms with Crippen LogP contribution < -0.4 is 4.90 Å². The standard InChI is InChI=1S/C27H25FN4O4/c1-17-3-5-19(6-4-17)23-15-22(25-18(2)30-36-26(25)29-23)27(34)35-16-24(33)32-13-11-31(12-14-32)21-9-7-20(28)8-10-21/h3-10,15H,11-14,16H2,1-2H3. The average molecular weight is 489 g/mol. The minimum Gasteiger partial charge on any atom is -0.452 e. The van der Waals surface area contributed by atoms with Gasteiger partial charge in [-0.15, -0.1) is 0 Å². The number of hydrogen-bond donors (Lipinski definition) is 0. The van der Waals surface area contributed by atoms with Gasteiger partial charge in [0.15, 0.2) is 6.61 Å². The Morgan fingerprint density at radius 2 is 1.69 bits per heavy atom. The molecule has 3 heterocycles. The Bertz CT molecular complexity index is 1410. The molecule has 0 spiro atoms. The maximum atomic E-state index is 13.2. The van der Waals surface area contributed by atoms with Crippen molar-refractivity contribution in [3.8, 4) is 11.3 Å². The van der Waals surface area contributed by atoms with Crippen molar-refractivity contribution >= 4 is 28.7 Å². The third-order valence-corrected chi connectivity index (χ3v) is 6.34. The van der Waals surface area contributed by atoms with Gasteiger partial charge in [0.1, 0.15) is 5.82 Å². The number of amides is 1. The molecule has 1 aliphatic heterocycles. The molecule has 1 amide bonds. The van der Waals surface area contributed by atoms with Gasteiger partial charge in [-0.05, 0) is 44.2 Å². The summed E-state index contributed by atoms with van der Waals surface area (Å²) in [5, 5.41) is 4.42. The van der Waals surface area contributed by atoms with E-state index in [0.29, 0.717) is 43.0 Å². The lowest BCUT2D eigenvalue weighted by Gasteiger charge is -2.36. The Morgan fingerprint density at radius 3 is 2.39 bits per heavy atom. The normalized spacial score (nSPS) is 13.8. The second-order valence-electron chi connectivity index (χ2n) is 8.79. The van der Waals surface area contributed by atoms with Gasteiger partial charge in [0.2, 0.25) is 0 Å². The van der Waals surface area contributed by atoms with Crippen molar-refractivity contribution in [3.63, 3.8) is 0 Å². The number of aromatic nitrogens is 2. The number of carbonyl (C=O) groups excluding carboxylic acids is 2. The number of ether oxygens (including phenoxy) is 1. The van der Waals surface area contributed by atoms with E-state index in [-0.39, 0.29) is 29.6 Å². The summed E-state index contributed by atoms with van der Waals surface area (Å²) < 4.78 is 23.9. The van der Waals surface area contributed by atoms with E-state index in [1.165, 1.54) is 12.1 Å². The summed E-state index contributed by atoms with van der Waals surface area (Å²) in [6.45, 7) is 5.52. The number of carbonyl (C=O) groups is 2. The first kappa shape index (κ1) is 23.5. The molecule has 1 aliphatic rings. The van der Waals surface area contributed by atoms with E-state index in [1.807, 2.05) is 31.2 Å². The minimum atomic E-state index is -0.639. The smallest absolute Gasteiger partial charge is 0.339 e. The van der Waals surface area contributed by atoms with Crippen LogP contribution >= 0.6 is 0 Å². The summed E-state index contributed by atoms with van der Waals surface area (Å²) in [6.07, 6.45) is 0. The van der Waals surface area contributed by atoms with Gasteiger partial charge in [-0.3, -0.25) is 4.79 Å². The van der Waals surface area contributed by atoms with Crippen molar-refractivity contribution < 1.29 is 23.2 Å². The molecule has 0 atom stereocenters. The zero-order chi connectivity index (χ0) is 25.2. The zero-order valence-electron chi connectivity index (χ0n) is 20.0. The topological polar surface area (TPSA) is 88.8 Å². The molecule has 36 heavy (non-hydrogen) atoms. The summed E-state index contributed by atoms with van der Waals surface area (Å²) in [4.78, 5) is 34.1.